The van der Waals surface area contributed by atoms with Crippen molar-refractivity contribution in [3.63, 3.8) is 0 Å². The Kier molecular flexibility index (Phi) is 4.71. The highest BCUT2D eigenvalue weighted by molar-refractivity contribution is 6.31. The summed E-state index contributed by atoms with van der Waals surface area (Å²) in [6, 6.07) is 12.9. The van der Waals surface area contributed by atoms with Crippen LogP contribution in [-0.4, -0.2) is 23.2 Å². The van der Waals surface area contributed by atoms with Crippen molar-refractivity contribution in [1.82, 2.24) is 9.55 Å². The maximum Gasteiger partial charge on any atom is 0.354 e. The molecule has 0 atom stereocenters. The summed E-state index contributed by atoms with van der Waals surface area (Å²) >= 11 is 6.27. The third-order valence-corrected chi connectivity index (χ3v) is 3.85. The second kappa shape index (κ2) is 6.93. The van der Waals surface area contributed by atoms with Gasteiger partial charge in [-0.05, 0) is 30.7 Å². The number of rotatable bonds is 5. The number of nitrogens with zero attached hydrogens (tertiary/aromatic N) is 2. The molecule has 0 bridgehead atoms. The molecule has 24 heavy (non-hydrogen) atoms. The monoisotopic (exact) mass is 343 g/mol. The summed E-state index contributed by atoms with van der Waals surface area (Å²) in [7, 11) is 1.73. The lowest BCUT2D eigenvalue weighted by Gasteiger charge is -2.16. The lowest BCUT2D eigenvalue weighted by molar-refractivity contribution is 0.321. The van der Waals surface area contributed by atoms with E-state index in [1.165, 1.54) is 0 Å². The molecule has 0 radical (unpaired) electrons. The van der Waals surface area contributed by atoms with Crippen LogP contribution in [0.25, 0.3) is 16.6 Å². The average molecular weight is 344 g/mol. The van der Waals surface area contributed by atoms with Crippen molar-refractivity contribution in [3.05, 3.63) is 58.0 Å². The molecule has 0 saturated carbocycles. The Balaban J connectivity index is 2.40. The molecule has 0 aliphatic carbocycles. The Morgan fingerprint density at radius 3 is 2.67 bits per heavy atom. The van der Waals surface area contributed by atoms with Gasteiger partial charge < -0.3 is 10.1 Å². The van der Waals surface area contributed by atoms with Gasteiger partial charge in [0.2, 0.25) is 0 Å². The van der Waals surface area contributed by atoms with Crippen LogP contribution in [-0.2, 0) is 0 Å². The van der Waals surface area contributed by atoms with E-state index >= 15 is 0 Å². The molecule has 0 aliphatic heterocycles. The lowest BCUT2D eigenvalue weighted by Crippen LogP contribution is -2.23. The molecule has 3 rings (SSSR count). The zero-order valence-corrected chi connectivity index (χ0v) is 14.3. The Bertz CT molecular complexity index is 923. The summed E-state index contributed by atoms with van der Waals surface area (Å²) in [4.78, 5) is 16.7. The fourth-order valence-corrected chi connectivity index (χ4v) is 2.82. The van der Waals surface area contributed by atoms with Crippen molar-refractivity contribution in [2.45, 2.75) is 13.3 Å². The van der Waals surface area contributed by atoms with Gasteiger partial charge in [-0.15, -0.1) is 0 Å². The second-order valence-corrected chi connectivity index (χ2v) is 5.75. The predicted molar refractivity (Wildman–Crippen MR) is 97.7 cm³/mol. The fourth-order valence-electron chi connectivity index (χ4n) is 2.62. The number of hydrogen-bond donors (Lipinski definition) is 1. The number of anilines is 1. The van der Waals surface area contributed by atoms with Gasteiger partial charge in [-0.25, -0.2) is 4.79 Å². The Labute approximate surface area is 144 Å². The van der Waals surface area contributed by atoms with Gasteiger partial charge in [0.25, 0.3) is 0 Å². The van der Waals surface area contributed by atoms with E-state index in [0.717, 1.165) is 17.5 Å². The third-order valence-electron chi connectivity index (χ3n) is 3.64. The molecular weight excluding hydrogens is 326 g/mol. The molecule has 5 nitrogen and oxygen atoms in total. The average Bonchev–Trinajstić information content (AvgIpc) is 2.59. The zero-order valence-electron chi connectivity index (χ0n) is 13.5. The number of ether oxygens (including phenoxy) is 1. The molecular formula is C18H18ClN3O2. The van der Waals surface area contributed by atoms with Crippen LogP contribution in [0.15, 0.2) is 47.3 Å². The molecule has 0 aliphatic rings. The van der Waals surface area contributed by atoms with Gasteiger partial charge in [0, 0.05) is 12.1 Å². The number of nitrogens with one attached hydrogen (secondary N) is 1. The van der Waals surface area contributed by atoms with E-state index in [-0.39, 0.29) is 5.69 Å². The maximum atomic E-state index is 12.6. The van der Waals surface area contributed by atoms with Gasteiger partial charge in [-0.3, -0.25) is 4.57 Å². The van der Waals surface area contributed by atoms with Crippen LogP contribution in [0.4, 0.5) is 5.82 Å². The SMILES string of the molecule is CCCOc1cc(Cl)cc2c1c(NC)nc(=O)n2-c1ccccc1. The Hall–Kier alpha value is -2.53. The summed E-state index contributed by atoms with van der Waals surface area (Å²) in [5.41, 5.74) is 1.01. The van der Waals surface area contributed by atoms with Gasteiger partial charge >= 0.3 is 5.69 Å². The van der Waals surface area contributed by atoms with Crippen LogP contribution in [0.1, 0.15) is 13.3 Å². The van der Waals surface area contributed by atoms with Crippen LogP contribution in [0.5, 0.6) is 5.75 Å². The van der Waals surface area contributed by atoms with Crippen LogP contribution >= 0.6 is 11.6 Å². The quantitative estimate of drug-likeness (QED) is 0.764. The summed E-state index contributed by atoms with van der Waals surface area (Å²) in [6.07, 6.45) is 0.870. The van der Waals surface area contributed by atoms with Crippen molar-refractivity contribution >= 4 is 28.3 Å². The van der Waals surface area contributed by atoms with E-state index < -0.39 is 0 Å². The first-order valence-corrected chi connectivity index (χ1v) is 8.15. The first-order chi connectivity index (χ1) is 11.7. The van der Waals surface area contributed by atoms with E-state index in [1.54, 1.807) is 23.7 Å². The highest BCUT2D eigenvalue weighted by atomic mass is 35.5. The first-order valence-electron chi connectivity index (χ1n) is 7.78. The molecule has 6 heteroatoms. The van der Waals surface area contributed by atoms with Gasteiger partial charge in [-0.1, -0.05) is 36.7 Å². The van der Waals surface area contributed by atoms with Gasteiger partial charge in [0.05, 0.1) is 23.2 Å². The summed E-state index contributed by atoms with van der Waals surface area (Å²) in [5, 5.41) is 4.22. The van der Waals surface area contributed by atoms with E-state index in [1.807, 2.05) is 37.3 Å². The number of fused-ring (bicyclic) bond motifs is 1. The topological polar surface area (TPSA) is 56.1 Å². The van der Waals surface area contributed by atoms with Crippen molar-refractivity contribution < 1.29 is 4.74 Å². The lowest BCUT2D eigenvalue weighted by atomic mass is 10.2. The number of para-hydroxylation sites is 1. The maximum absolute atomic E-state index is 12.6. The van der Waals surface area contributed by atoms with Crippen LogP contribution < -0.4 is 15.7 Å². The predicted octanol–water partition coefficient (Wildman–Crippen LogP) is 3.87. The molecule has 0 unspecified atom stereocenters. The van der Waals surface area contributed by atoms with Gasteiger partial charge in [0.15, 0.2) is 0 Å². The minimum atomic E-state index is -0.373. The van der Waals surface area contributed by atoms with Crippen LogP contribution in [0, 0.1) is 0 Å². The Morgan fingerprint density at radius 2 is 2.00 bits per heavy atom. The van der Waals surface area contributed by atoms with Crippen molar-refractivity contribution in [3.8, 4) is 11.4 Å². The zero-order chi connectivity index (χ0) is 17.1. The summed E-state index contributed by atoms with van der Waals surface area (Å²) in [5.74, 6) is 1.09. The molecule has 1 aromatic heterocycles. The minimum absolute atomic E-state index is 0.373. The van der Waals surface area contributed by atoms with E-state index in [2.05, 4.69) is 10.3 Å². The highest BCUT2D eigenvalue weighted by Crippen LogP contribution is 2.34. The molecule has 124 valence electrons. The van der Waals surface area contributed by atoms with Crippen molar-refractivity contribution in [2.75, 3.05) is 19.0 Å². The van der Waals surface area contributed by atoms with Crippen molar-refractivity contribution in [1.29, 1.82) is 0 Å². The largest absolute Gasteiger partial charge is 0.493 e. The standard InChI is InChI=1S/C18H18ClN3O2/c1-3-9-24-15-11-12(19)10-14-16(15)17(20-2)21-18(23)22(14)13-7-5-4-6-8-13/h4-8,10-11H,3,9H2,1-2H3,(H,20,21,23). The molecule has 0 amide bonds. The van der Waals surface area contributed by atoms with E-state index in [9.17, 15) is 4.79 Å². The highest BCUT2D eigenvalue weighted by Gasteiger charge is 2.16. The molecule has 0 spiro atoms. The molecule has 1 heterocycles. The number of benzene rings is 2. The number of aromatic nitrogens is 2. The molecule has 0 saturated heterocycles. The molecule has 3 aromatic rings. The number of hydrogen-bond acceptors (Lipinski definition) is 4. The van der Waals surface area contributed by atoms with Crippen LogP contribution in [0.3, 0.4) is 0 Å². The van der Waals surface area contributed by atoms with Gasteiger partial charge in [-0.2, -0.15) is 4.98 Å². The molecule has 2 aromatic carbocycles. The number of halogens is 1. The first kappa shape index (κ1) is 16.3. The molecule has 0 fully saturated rings. The third kappa shape index (κ3) is 2.95. The van der Waals surface area contributed by atoms with Crippen LogP contribution in [0.2, 0.25) is 5.02 Å². The Morgan fingerprint density at radius 1 is 1.25 bits per heavy atom. The van der Waals surface area contributed by atoms with Gasteiger partial charge in [0.1, 0.15) is 11.6 Å². The fraction of sp³-hybridized carbons (Fsp3) is 0.222. The summed E-state index contributed by atoms with van der Waals surface area (Å²) < 4.78 is 7.39. The second-order valence-electron chi connectivity index (χ2n) is 5.31. The normalized spacial score (nSPS) is 10.8. The van der Waals surface area contributed by atoms with E-state index in [0.29, 0.717) is 28.7 Å². The van der Waals surface area contributed by atoms with Crippen molar-refractivity contribution in [2.24, 2.45) is 0 Å². The van der Waals surface area contributed by atoms with E-state index in [4.69, 9.17) is 16.3 Å². The smallest absolute Gasteiger partial charge is 0.354 e. The molecule has 1 N–H and O–H groups in total. The summed E-state index contributed by atoms with van der Waals surface area (Å²) in [6.45, 7) is 2.59. The minimum Gasteiger partial charge on any atom is -0.493 e.